The molecule has 8 heteroatoms. The molecule has 2 aliphatic heterocycles. The molecule has 1 atom stereocenters. The smallest absolute Gasteiger partial charge is 0.326 e. The Morgan fingerprint density at radius 2 is 1.83 bits per heavy atom. The number of carbonyl (C=O) groups excluding carboxylic acids is 1. The van der Waals surface area contributed by atoms with Crippen molar-refractivity contribution in [2.45, 2.75) is 64.0 Å². The number of likely N-dealkylation sites (tertiary alicyclic amines) is 1. The summed E-state index contributed by atoms with van der Waals surface area (Å²) in [7, 11) is 0. The van der Waals surface area contributed by atoms with Gasteiger partial charge in [-0.1, -0.05) is 0 Å². The molecule has 24 heavy (non-hydrogen) atoms. The van der Waals surface area contributed by atoms with E-state index in [0.29, 0.717) is 25.9 Å². The fourth-order valence-corrected chi connectivity index (χ4v) is 3.50. The van der Waals surface area contributed by atoms with Crippen molar-refractivity contribution in [1.82, 2.24) is 25.0 Å². The SMILES string of the molecule is CC(C)(C)NC(=O)N1CCC(c2nnc3n2C(C(=O)O)CC3)CC1. The topological polar surface area (TPSA) is 100 Å². The normalized spacial score (nSPS) is 21.6. The largest absolute Gasteiger partial charge is 0.480 e. The number of aryl methyl sites for hydroxylation is 1. The number of carboxylic acid groups (broad SMARTS) is 1. The molecule has 1 unspecified atom stereocenters. The van der Waals surface area contributed by atoms with E-state index in [0.717, 1.165) is 24.5 Å². The van der Waals surface area contributed by atoms with Crippen LogP contribution >= 0.6 is 0 Å². The van der Waals surface area contributed by atoms with Crippen molar-refractivity contribution < 1.29 is 14.7 Å². The number of nitrogens with one attached hydrogen (secondary N) is 1. The van der Waals surface area contributed by atoms with Crippen molar-refractivity contribution in [3.8, 4) is 0 Å². The van der Waals surface area contributed by atoms with E-state index in [1.807, 2.05) is 25.7 Å². The Labute approximate surface area is 141 Å². The summed E-state index contributed by atoms with van der Waals surface area (Å²) in [5.74, 6) is 0.873. The van der Waals surface area contributed by atoms with Crippen molar-refractivity contribution in [1.29, 1.82) is 0 Å². The van der Waals surface area contributed by atoms with Gasteiger partial charge in [0.25, 0.3) is 0 Å². The molecule has 0 aromatic carbocycles. The van der Waals surface area contributed by atoms with Crippen molar-refractivity contribution in [3.63, 3.8) is 0 Å². The first-order valence-corrected chi connectivity index (χ1v) is 8.50. The van der Waals surface area contributed by atoms with Gasteiger partial charge in [0.2, 0.25) is 0 Å². The Balaban J connectivity index is 1.66. The van der Waals surface area contributed by atoms with E-state index < -0.39 is 12.0 Å². The third kappa shape index (κ3) is 3.22. The van der Waals surface area contributed by atoms with Crippen LogP contribution in [0.5, 0.6) is 0 Å². The maximum Gasteiger partial charge on any atom is 0.326 e. The minimum absolute atomic E-state index is 0.0455. The summed E-state index contributed by atoms with van der Waals surface area (Å²) < 4.78 is 1.80. The third-order valence-electron chi connectivity index (χ3n) is 4.66. The van der Waals surface area contributed by atoms with Crippen molar-refractivity contribution >= 4 is 12.0 Å². The monoisotopic (exact) mass is 335 g/mol. The minimum atomic E-state index is -0.822. The highest BCUT2D eigenvalue weighted by Gasteiger charge is 2.36. The van der Waals surface area contributed by atoms with Crippen LogP contribution in [-0.2, 0) is 11.2 Å². The number of carbonyl (C=O) groups is 2. The fourth-order valence-electron chi connectivity index (χ4n) is 3.50. The number of hydrogen-bond donors (Lipinski definition) is 2. The lowest BCUT2D eigenvalue weighted by molar-refractivity contribution is -0.140. The van der Waals surface area contributed by atoms with Gasteiger partial charge in [0.05, 0.1) is 0 Å². The molecule has 1 aromatic rings. The predicted molar refractivity (Wildman–Crippen MR) is 86.8 cm³/mol. The Morgan fingerprint density at radius 1 is 1.17 bits per heavy atom. The number of aromatic nitrogens is 3. The molecule has 0 bridgehead atoms. The molecular weight excluding hydrogens is 310 g/mol. The van der Waals surface area contributed by atoms with Crippen LogP contribution in [0.25, 0.3) is 0 Å². The lowest BCUT2D eigenvalue weighted by Crippen LogP contribution is -2.50. The number of amides is 2. The van der Waals surface area contributed by atoms with Gasteiger partial charge in [-0.25, -0.2) is 9.59 Å². The second kappa shape index (κ2) is 6.07. The summed E-state index contributed by atoms with van der Waals surface area (Å²) in [6.45, 7) is 7.18. The molecule has 2 aliphatic rings. The molecule has 0 radical (unpaired) electrons. The molecule has 3 heterocycles. The molecule has 1 saturated heterocycles. The zero-order valence-electron chi connectivity index (χ0n) is 14.4. The number of fused-ring (bicyclic) bond motifs is 1. The highest BCUT2D eigenvalue weighted by molar-refractivity contribution is 5.75. The van der Waals surface area contributed by atoms with E-state index in [-0.39, 0.29) is 17.5 Å². The van der Waals surface area contributed by atoms with Gasteiger partial charge in [-0.2, -0.15) is 0 Å². The molecule has 1 fully saturated rings. The maximum atomic E-state index is 12.2. The molecule has 3 rings (SSSR count). The maximum absolute atomic E-state index is 12.2. The Bertz CT molecular complexity index is 641. The Kier molecular flexibility index (Phi) is 4.23. The Morgan fingerprint density at radius 3 is 2.42 bits per heavy atom. The summed E-state index contributed by atoms with van der Waals surface area (Å²) >= 11 is 0. The zero-order valence-corrected chi connectivity index (χ0v) is 14.4. The van der Waals surface area contributed by atoms with Gasteiger partial charge in [0.15, 0.2) is 0 Å². The lowest BCUT2D eigenvalue weighted by atomic mass is 9.95. The van der Waals surface area contributed by atoms with Gasteiger partial charge in [0, 0.05) is 31.0 Å². The third-order valence-corrected chi connectivity index (χ3v) is 4.66. The molecule has 1 aromatic heterocycles. The van der Waals surface area contributed by atoms with E-state index in [1.165, 1.54) is 0 Å². The average Bonchev–Trinajstić information content (AvgIpc) is 3.06. The van der Waals surface area contributed by atoms with Crippen LogP contribution in [0.3, 0.4) is 0 Å². The number of hydrogen-bond acceptors (Lipinski definition) is 4. The summed E-state index contributed by atoms with van der Waals surface area (Å²) in [6.07, 6.45) is 2.81. The van der Waals surface area contributed by atoms with Crippen LogP contribution in [0.15, 0.2) is 0 Å². The summed E-state index contributed by atoms with van der Waals surface area (Å²) in [6, 6.07) is -0.594. The number of nitrogens with zero attached hydrogens (tertiary/aromatic N) is 4. The summed E-state index contributed by atoms with van der Waals surface area (Å²) in [4.78, 5) is 25.5. The highest BCUT2D eigenvalue weighted by atomic mass is 16.4. The second-order valence-electron chi connectivity index (χ2n) is 7.68. The van der Waals surface area contributed by atoms with Gasteiger partial charge in [-0.15, -0.1) is 10.2 Å². The van der Waals surface area contributed by atoms with Crippen molar-refractivity contribution in [2.75, 3.05) is 13.1 Å². The van der Waals surface area contributed by atoms with E-state index in [4.69, 9.17) is 0 Å². The van der Waals surface area contributed by atoms with Gasteiger partial charge in [-0.05, 0) is 40.0 Å². The fraction of sp³-hybridized carbons (Fsp3) is 0.750. The minimum Gasteiger partial charge on any atom is -0.480 e. The first-order chi connectivity index (χ1) is 11.3. The van der Waals surface area contributed by atoms with Gasteiger partial charge >= 0.3 is 12.0 Å². The van der Waals surface area contributed by atoms with Crippen LogP contribution < -0.4 is 5.32 Å². The van der Waals surface area contributed by atoms with Crippen molar-refractivity contribution in [3.05, 3.63) is 11.6 Å². The molecule has 132 valence electrons. The highest BCUT2D eigenvalue weighted by Crippen LogP contribution is 2.33. The average molecular weight is 335 g/mol. The van der Waals surface area contributed by atoms with Crippen LogP contribution in [0.4, 0.5) is 4.79 Å². The molecular formula is C16H25N5O3. The quantitative estimate of drug-likeness (QED) is 0.854. The van der Waals surface area contributed by atoms with Crippen molar-refractivity contribution in [2.24, 2.45) is 0 Å². The van der Waals surface area contributed by atoms with Gasteiger partial charge in [-0.3, -0.25) is 0 Å². The zero-order chi connectivity index (χ0) is 17.5. The molecule has 2 N–H and O–H groups in total. The van der Waals surface area contributed by atoms with Crippen LogP contribution in [-0.4, -0.2) is 55.4 Å². The number of piperidine rings is 1. The lowest BCUT2D eigenvalue weighted by Gasteiger charge is -2.34. The predicted octanol–water partition coefficient (Wildman–Crippen LogP) is 1.54. The molecule has 2 amide bonds. The van der Waals surface area contributed by atoms with E-state index in [2.05, 4.69) is 15.5 Å². The summed E-state index contributed by atoms with van der Waals surface area (Å²) in [5, 5.41) is 20.8. The number of aliphatic carboxylic acids is 1. The number of urea groups is 1. The van der Waals surface area contributed by atoms with E-state index >= 15 is 0 Å². The summed E-state index contributed by atoms with van der Waals surface area (Å²) in [5.41, 5.74) is -0.254. The standard InChI is InChI=1S/C16H25N5O3/c1-16(2,3)17-15(24)20-8-6-10(7-9-20)13-19-18-12-5-4-11(14(22)23)21(12)13/h10-11H,4-9H2,1-3H3,(H,17,24)(H,22,23). The van der Waals surface area contributed by atoms with E-state index in [9.17, 15) is 14.7 Å². The molecule has 0 saturated carbocycles. The first kappa shape index (κ1) is 16.7. The van der Waals surface area contributed by atoms with Crippen LogP contribution in [0.2, 0.25) is 0 Å². The molecule has 8 nitrogen and oxygen atoms in total. The molecule has 0 aliphatic carbocycles. The van der Waals surface area contributed by atoms with Crippen LogP contribution in [0, 0.1) is 0 Å². The molecule has 0 spiro atoms. The number of rotatable bonds is 2. The van der Waals surface area contributed by atoms with Gasteiger partial charge in [0.1, 0.15) is 17.7 Å². The van der Waals surface area contributed by atoms with E-state index in [1.54, 1.807) is 4.57 Å². The van der Waals surface area contributed by atoms with Crippen LogP contribution in [0.1, 0.15) is 63.6 Å². The second-order valence-corrected chi connectivity index (χ2v) is 7.68. The number of carboxylic acids is 1. The Hall–Kier alpha value is -2.12. The first-order valence-electron chi connectivity index (χ1n) is 8.50. The van der Waals surface area contributed by atoms with Gasteiger partial charge < -0.3 is 19.9 Å².